The van der Waals surface area contributed by atoms with Gasteiger partial charge in [0.2, 0.25) is 0 Å². The lowest BCUT2D eigenvalue weighted by Crippen LogP contribution is -2.40. The van der Waals surface area contributed by atoms with Gasteiger partial charge in [-0.1, -0.05) is 18.6 Å². The molecule has 0 heterocycles. The van der Waals surface area contributed by atoms with Gasteiger partial charge >= 0.3 is 0 Å². The third kappa shape index (κ3) is 0.779. The quantitative estimate of drug-likeness (QED) is 0.543. The Kier molecular flexibility index (Phi) is 1.40. The average molecular weight is 163 g/mol. The summed E-state index contributed by atoms with van der Waals surface area (Å²) in [6, 6.07) is 0.517. The molecule has 1 nitrogen and oxygen atoms in total. The highest BCUT2D eigenvalue weighted by molar-refractivity contribution is 5.16. The highest BCUT2D eigenvalue weighted by Crippen LogP contribution is 2.53. The lowest BCUT2D eigenvalue weighted by Gasteiger charge is -2.37. The first-order chi connectivity index (χ1) is 5.86. The highest BCUT2D eigenvalue weighted by atomic mass is 14.7. The first kappa shape index (κ1) is 7.14. The summed E-state index contributed by atoms with van der Waals surface area (Å²) in [6.45, 7) is 0. The van der Waals surface area contributed by atoms with E-state index in [1.807, 2.05) is 0 Å². The molecule has 0 aromatic rings. The van der Waals surface area contributed by atoms with Gasteiger partial charge in [0, 0.05) is 6.04 Å². The summed E-state index contributed by atoms with van der Waals surface area (Å²) in [5, 5.41) is 0. The summed E-state index contributed by atoms with van der Waals surface area (Å²) in [7, 11) is 0. The molecular weight excluding hydrogens is 146 g/mol. The molecule has 12 heavy (non-hydrogen) atoms. The van der Waals surface area contributed by atoms with Gasteiger partial charge in [0.15, 0.2) is 0 Å². The maximum absolute atomic E-state index is 6.17. The summed E-state index contributed by atoms with van der Waals surface area (Å²) in [4.78, 5) is 0. The molecular formula is C11H17N. The van der Waals surface area contributed by atoms with E-state index in [-0.39, 0.29) is 0 Å². The van der Waals surface area contributed by atoms with Crippen LogP contribution in [0.5, 0.6) is 0 Å². The zero-order chi connectivity index (χ0) is 8.13. The molecule has 3 rings (SSSR count). The third-order valence-corrected chi connectivity index (χ3v) is 4.26. The molecule has 66 valence electrons. The predicted molar refractivity (Wildman–Crippen MR) is 49.5 cm³/mol. The third-order valence-electron chi connectivity index (χ3n) is 4.26. The number of hydrogen-bond acceptors (Lipinski definition) is 1. The van der Waals surface area contributed by atoms with Crippen molar-refractivity contribution in [1.29, 1.82) is 0 Å². The number of allylic oxidation sites excluding steroid dienone is 2. The van der Waals surface area contributed by atoms with Gasteiger partial charge in [-0.05, 0) is 42.9 Å². The fraction of sp³-hybridized carbons (Fsp3) is 0.818. The fourth-order valence-electron chi connectivity index (χ4n) is 3.79. The van der Waals surface area contributed by atoms with Crippen LogP contribution in [0.1, 0.15) is 25.7 Å². The molecule has 0 radical (unpaired) electrons. The molecule has 3 aliphatic carbocycles. The van der Waals surface area contributed by atoms with Crippen molar-refractivity contribution in [3.63, 3.8) is 0 Å². The SMILES string of the molecule is NC1CCCC2C3C=CC(C3)C12. The Balaban J connectivity index is 1.92. The molecule has 2 bridgehead atoms. The van der Waals surface area contributed by atoms with E-state index < -0.39 is 0 Å². The van der Waals surface area contributed by atoms with Crippen LogP contribution in [0.4, 0.5) is 0 Å². The maximum atomic E-state index is 6.17. The van der Waals surface area contributed by atoms with E-state index in [1.165, 1.54) is 25.7 Å². The molecule has 5 unspecified atom stereocenters. The Hall–Kier alpha value is -0.300. The molecule has 5 atom stereocenters. The molecule has 2 fully saturated rings. The number of hydrogen-bond donors (Lipinski definition) is 1. The van der Waals surface area contributed by atoms with E-state index in [0.29, 0.717) is 6.04 Å². The average Bonchev–Trinajstić information content (AvgIpc) is 2.64. The summed E-state index contributed by atoms with van der Waals surface area (Å²) in [5.74, 6) is 3.58. The zero-order valence-electron chi connectivity index (χ0n) is 7.45. The Morgan fingerprint density at radius 3 is 2.75 bits per heavy atom. The van der Waals surface area contributed by atoms with Crippen LogP contribution >= 0.6 is 0 Å². The minimum absolute atomic E-state index is 0.517. The molecule has 0 saturated heterocycles. The summed E-state index contributed by atoms with van der Waals surface area (Å²) >= 11 is 0. The molecule has 3 aliphatic rings. The molecule has 0 aromatic carbocycles. The molecule has 0 spiro atoms. The van der Waals surface area contributed by atoms with E-state index in [2.05, 4.69) is 12.2 Å². The number of rotatable bonds is 0. The largest absolute Gasteiger partial charge is 0.327 e. The number of nitrogens with two attached hydrogens (primary N) is 1. The lowest BCUT2D eigenvalue weighted by atomic mass is 9.71. The van der Waals surface area contributed by atoms with Crippen molar-refractivity contribution in [3.8, 4) is 0 Å². The summed E-state index contributed by atoms with van der Waals surface area (Å²) in [5.41, 5.74) is 6.17. The van der Waals surface area contributed by atoms with Gasteiger partial charge in [0.1, 0.15) is 0 Å². The van der Waals surface area contributed by atoms with Gasteiger partial charge in [-0.25, -0.2) is 0 Å². The second kappa shape index (κ2) is 2.35. The van der Waals surface area contributed by atoms with Gasteiger partial charge in [-0.15, -0.1) is 0 Å². The van der Waals surface area contributed by atoms with E-state index in [0.717, 1.165) is 23.7 Å². The predicted octanol–water partition coefficient (Wildman–Crippen LogP) is 1.94. The molecule has 0 aromatic heterocycles. The second-order valence-corrected chi connectivity index (χ2v) is 4.78. The van der Waals surface area contributed by atoms with E-state index >= 15 is 0 Å². The van der Waals surface area contributed by atoms with Crippen molar-refractivity contribution in [2.75, 3.05) is 0 Å². The van der Waals surface area contributed by atoms with Crippen molar-refractivity contribution in [1.82, 2.24) is 0 Å². The standard InChI is InChI=1S/C11H17N/c12-10-3-1-2-9-7-4-5-8(6-7)11(9)10/h4-5,7-11H,1-3,6,12H2. The minimum atomic E-state index is 0.517. The summed E-state index contributed by atoms with van der Waals surface area (Å²) in [6.07, 6.45) is 10.4. The van der Waals surface area contributed by atoms with Crippen molar-refractivity contribution >= 4 is 0 Å². The number of fused-ring (bicyclic) bond motifs is 5. The normalized spacial score (nSPS) is 55.9. The van der Waals surface area contributed by atoms with Crippen LogP contribution < -0.4 is 5.73 Å². The van der Waals surface area contributed by atoms with Crippen LogP contribution in [0.15, 0.2) is 12.2 Å². The van der Waals surface area contributed by atoms with Crippen LogP contribution in [0, 0.1) is 23.7 Å². The Bertz CT molecular complexity index is 221. The van der Waals surface area contributed by atoms with Gasteiger partial charge < -0.3 is 5.73 Å². The second-order valence-electron chi connectivity index (χ2n) is 4.78. The van der Waals surface area contributed by atoms with Crippen LogP contribution in [-0.2, 0) is 0 Å². The Labute approximate surface area is 74.0 Å². The van der Waals surface area contributed by atoms with E-state index in [4.69, 9.17) is 5.73 Å². The van der Waals surface area contributed by atoms with Gasteiger partial charge in [0.25, 0.3) is 0 Å². The molecule has 2 saturated carbocycles. The topological polar surface area (TPSA) is 26.0 Å². The Morgan fingerprint density at radius 2 is 1.92 bits per heavy atom. The van der Waals surface area contributed by atoms with Crippen LogP contribution in [-0.4, -0.2) is 6.04 Å². The minimum Gasteiger partial charge on any atom is -0.327 e. The Morgan fingerprint density at radius 1 is 1.08 bits per heavy atom. The van der Waals surface area contributed by atoms with E-state index in [1.54, 1.807) is 0 Å². The monoisotopic (exact) mass is 163 g/mol. The first-order valence-corrected chi connectivity index (χ1v) is 5.30. The van der Waals surface area contributed by atoms with Crippen molar-refractivity contribution in [3.05, 3.63) is 12.2 Å². The highest BCUT2D eigenvalue weighted by Gasteiger charge is 2.47. The lowest BCUT2D eigenvalue weighted by molar-refractivity contribution is 0.190. The van der Waals surface area contributed by atoms with Crippen LogP contribution in [0.3, 0.4) is 0 Å². The van der Waals surface area contributed by atoms with Gasteiger partial charge in [-0.3, -0.25) is 0 Å². The fourth-order valence-corrected chi connectivity index (χ4v) is 3.79. The van der Waals surface area contributed by atoms with Crippen LogP contribution in [0.2, 0.25) is 0 Å². The van der Waals surface area contributed by atoms with E-state index in [9.17, 15) is 0 Å². The van der Waals surface area contributed by atoms with Crippen molar-refractivity contribution in [2.45, 2.75) is 31.7 Å². The maximum Gasteiger partial charge on any atom is 0.00756 e. The smallest absolute Gasteiger partial charge is 0.00756 e. The molecule has 1 heteroatoms. The molecule has 2 N–H and O–H groups in total. The first-order valence-electron chi connectivity index (χ1n) is 5.30. The summed E-state index contributed by atoms with van der Waals surface area (Å²) < 4.78 is 0. The van der Waals surface area contributed by atoms with Crippen LogP contribution in [0.25, 0.3) is 0 Å². The van der Waals surface area contributed by atoms with Crippen molar-refractivity contribution in [2.24, 2.45) is 29.4 Å². The zero-order valence-corrected chi connectivity index (χ0v) is 7.45. The van der Waals surface area contributed by atoms with Gasteiger partial charge in [-0.2, -0.15) is 0 Å². The molecule has 0 aliphatic heterocycles. The van der Waals surface area contributed by atoms with Gasteiger partial charge in [0.05, 0.1) is 0 Å². The molecule has 0 amide bonds. The van der Waals surface area contributed by atoms with Crippen molar-refractivity contribution < 1.29 is 0 Å².